The second kappa shape index (κ2) is 7.57. The van der Waals surface area contributed by atoms with Crippen LogP contribution >= 0.6 is 0 Å². The quantitative estimate of drug-likeness (QED) is 0.804. The zero-order valence-corrected chi connectivity index (χ0v) is 11.2. The van der Waals surface area contributed by atoms with Gasteiger partial charge >= 0.3 is 0 Å². The predicted molar refractivity (Wildman–Crippen MR) is 70.9 cm³/mol. The second-order valence-corrected chi connectivity index (χ2v) is 4.10. The maximum absolute atomic E-state index is 8.98. The van der Waals surface area contributed by atoms with Crippen LogP contribution in [0.15, 0.2) is 18.2 Å². The first-order valence-electron chi connectivity index (χ1n) is 6.11. The molecule has 0 aromatic heterocycles. The molecule has 4 heteroatoms. The van der Waals surface area contributed by atoms with Gasteiger partial charge < -0.3 is 9.47 Å². The predicted octanol–water partition coefficient (Wildman–Crippen LogP) is 2.27. The third-order valence-electron chi connectivity index (χ3n) is 2.52. The van der Waals surface area contributed by atoms with Crippen molar-refractivity contribution in [2.45, 2.75) is 26.3 Å². The average molecular weight is 248 g/mol. The first-order chi connectivity index (χ1) is 8.71. The summed E-state index contributed by atoms with van der Waals surface area (Å²) in [6.45, 7) is 5.18. The van der Waals surface area contributed by atoms with E-state index in [2.05, 4.69) is 18.3 Å². The minimum atomic E-state index is -0.295. The van der Waals surface area contributed by atoms with Gasteiger partial charge in [-0.3, -0.25) is 5.32 Å². The second-order valence-electron chi connectivity index (χ2n) is 4.10. The largest absolute Gasteiger partial charge is 0.493 e. The van der Waals surface area contributed by atoms with Crippen molar-refractivity contribution in [3.63, 3.8) is 0 Å². The third kappa shape index (κ3) is 4.27. The lowest BCUT2D eigenvalue weighted by molar-refractivity contribution is 0.273. The summed E-state index contributed by atoms with van der Waals surface area (Å²) in [7, 11) is 1.61. The van der Waals surface area contributed by atoms with E-state index in [-0.39, 0.29) is 6.04 Å². The van der Waals surface area contributed by atoms with Crippen LogP contribution in [0, 0.1) is 18.3 Å². The van der Waals surface area contributed by atoms with E-state index >= 15 is 0 Å². The van der Waals surface area contributed by atoms with E-state index in [0.29, 0.717) is 18.1 Å². The number of nitrogens with one attached hydrogen (secondary N) is 1. The van der Waals surface area contributed by atoms with Crippen LogP contribution in [0.1, 0.15) is 18.9 Å². The first-order valence-corrected chi connectivity index (χ1v) is 6.11. The van der Waals surface area contributed by atoms with Crippen molar-refractivity contribution in [2.24, 2.45) is 0 Å². The zero-order chi connectivity index (χ0) is 13.4. The summed E-state index contributed by atoms with van der Waals surface area (Å²) >= 11 is 0. The molecule has 1 rings (SSSR count). The number of hydrogen-bond acceptors (Lipinski definition) is 4. The number of benzene rings is 1. The Kier molecular flexibility index (Phi) is 6.03. The molecule has 1 aromatic carbocycles. The Hall–Kier alpha value is -1.73. The molecule has 18 heavy (non-hydrogen) atoms. The van der Waals surface area contributed by atoms with E-state index in [1.807, 2.05) is 25.1 Å². The topological polar surface area (TPSA) is 54.3 Å². The van der Waals surface area contributed by atoms with Gasteiger partial charge in [0, 0.05) is 0 Å². The maximum Gasteiger partial charge on any atom is 0.161 e. The molecule has 0 saturated heterocycles. The van der Waals surface area contributed by atoms with Gasteiger partial charge in [-0.1, -0.05) is 13.0 Å². The van der Waals surface area contributed by atoms with E-state index in [1.54, 1.807) is 7.11 Å². The minimum absolute atomic E-state index is 0.295. The van der Waals surface area contributed by atoms with Crippen molar-refractivity contribution in [3.05, 3.63) is 23.8 Å². The van der Waals surface area contributed by atoms with Crippen LogP contribution in [-0.2, 0) is 0 Å². The molecule has 0 aliphatic rings. The molecule has 1 aromatic rings. The maximum atomic E-state index is 8.98. The van der Waals surface area contributed by atoms with Crippen molar-refractivity contribution in [1.82, 2.24) is 5.32 Å². The number of aryl methyl sites for hydroxylation is 1. The smallest absolute Gasteiger partial charge is 0.161 e. The molecule has 0 radical (unpaired) electrons. The van der Waals surface area contributed by atoms with E-state index in [1.165, 1.54) is 0 Å². The molecule has 0 bridgehead atoms. The molecular weight excluding hydrogens is 228 g/mol. The lowest BCUT2D eigenvalue weighted by Crippen LogP contribution is -2.33. The first kappa shape index (κ1) is 14.3. The molecule has 0 spiro atoms. The molecule has 0 saturated carbocycles. The van der Waals surface area contributed by atoms with Gasteiger partial charge in [0.2, 0.25) is 0 Å². The van der Waals surface area contributed by atoms with Crippen LogP contribution in [-0.4, -0.2) is 26.3 Å². The summed E-state index contributed by atoms with van der Waals surface area (Å²) in [4.78, 5) is 0. The SMILES string of the molecule is CCCNC(C#N)COc1ccc(C)cc1OC. The highest BCUT2D eigenvalue weighted by atomic mass is 16.5. The monoisotopic (exact) mass is 248 g/mol. The molecule has 98 valence electrons. The van der Waals surface area contributed by atoms with Crippen molar-refractivity contribution in [1.29, 1.82) is 5.26 Å². The Balaban J connectivity index is 2.59. The molecule has 0 aliphatic carbocycles. The number of nitrogens with zero attached hydrogens (tertiary/aromatic N) is 1. The Labute approximate surface area is 109 Å². The fourth-order valence-electron chi connectivity index (χ4n) is 1.53. The van der Waals surface area contributed by atoms with Crippen molar-refractivity contribution in [3.8, 4) is 17.6 Å². The fraction of sp³-hybridized carbons (Fsp3) is 0.500. The van der Waals surface area contributed by atoms with Gasteiger partial charge in [0.25, 0.3) is 0 Å². The standard InChI is InChI=1S/C14H20N2O2/c1-4-7-16-12(9-15)10-18-13-6-5-11(2)8-14(13)17-3/h5-6,8,12,16H,4,7,10H2,1-3H3. The Bertz CT molecular complexity index is 413. The van der Waals surface area contributed by atoms with Crippen LogP contribution in [0.4, 0.5) is 0 Å². The van der Waals surface area contributed by atoms with Gasteiger partial charge in [-0.05, 0) is 37.6 Å². The summed E-state index contributed by atoms with van der Waals surface area (Å²) < 4.78 is 10.9. The van der Waals surface area contributed by atoms with Crippen molar-refractivity contribution in [2.75, 3.05) is 20.3 Å². The number of ether oxygens (including phenoxy) is 2. The Morgan fingerprint density at radius 1 is 1.39 bits per heavy atom. The lowest BCUT2D eigenvalue weighted by atomic mass is 10.2. The summed E-state index contributed by atoms with van der Waals surface area (Å²) in [5.41, 5.74) is 1.11. The molecule has 0 heterocycles. The molecule has 1 unspecified atom stereocenters. The molecule has 1 atom stereocenters. The summed E-state index contributed by atoms with van der Waals surface area (Å²) in [5, 5.41) is 12.1. The Morgan fingerprint density at radius 3 is 2.78 bits per heavy atom. The highest BCUT2D eigenvalue weighted by Gasteiger charge is 2.09. The number of methoxy groups -OCH3 is 1. The van der Waals surface area contributed by atoms with Crippen LogP contribution in [0.25, 0.3) is 0 Å². The van der Waals surface area contributed by atoms with Gasteiger partial charge in [-0.25, -0.2) is 0 Å². The molecule has 4 nitrogen and oxygen atoms in total. The van der Waals surface area contributed by atoms with Gasteiger partial charge in [-0.2, -0.15) is 5.26 Å². The average Bonchev–Trinajstić information content (AvgIpc) is 2.40. The Morgan fingerprint density at radius 2 is 2.17 bits per heavy atom. The van der Waals surface area contributed by atoms with E-state index in [0.717, 1.165) is 18.5 Å². The highest BCUT2D eigenvalue weighted by Crippen LogP contribution is 2.27. The normalized spacial score (nSPS) is 11.7. The van der Waals surface area contributed by atoms with E-state index < -0.39 is 0 Å². The highest BCUT2D eigenvalue weighted by molar-refractivity contribution is 5.42. The lowest BCUT2D eigenvalue weighted by Gasteiger charge is -2.14. The third-order valence-corrected chi connectivity index (χ3v) is 2.52. The molecule has 0 aliphatic heterocycles. The van der Waals surface area contributed by atoms with Gasteiger partial charge in [-0.15, -0.1) is 0 Å². The molecule has 0 amide bonds. The van der Waals surface area contributed by atoms with Gasteiger partial charge in [0.15, 0.2) is 11.5 Å². The van der Waals surface area contributed by atoms with E-state index in [4.69, 9.17) is 14.7 Å². The number of nitriles is 1. The number of hydrogen-bond donors (Lipinski definition) is 1. The van der Waals surface area contributed by atoms with Crippen LogP contribution in [0.3, 0.4) is 0 Å². The van der Waals surface area contributed by atoms with Crippen molar-refractivity contribution >= 4 is 0 Å². The van der Waals surface area contributed by atoms with Crippen LogP contribution in [0.5, 0.6) is 11.5 Å². The molecule has 1 N–H and O–H groups in total. The molecule has 0 fully saturated rings. The van der Waals surface area contributed by atoms with Gasteiger partial charge in [0.05, 0.1) is 13.2 Å². The molecular formula is C14H20N2O2. The summed E-state index contributed by atoms with van der Waals surface area (Å²) in [6, 6.07) is 7.62. The number of rotatable bonds is 7. The van der Waals surface area contributed by atoms with Crippen LogP contribution < -0.4 is 14.8 Å². The van der Waals surface area contributed by atoms with E-state index in [9.17, 15) is 0 Å². The minimum Gasteiger partial charge on any atom is -0.493 e. The summed E-state index contributed by atoms with van der Waals surface area (Å²) in [5.74, 6) is 1.36. The van der Waals surface area contributed by atoms with Crippen molar-refractivity contribution < 1.29 is 9.47 Å². The zero-order valence-electron chi connectivity index (χ0n) is 11.2. The summed E-state index contributed by atoms with van der Waals surface area (Å²) in [6.07, 6.45) is 0.992. The van der Waals surface area contributed by atoms with Crippen LogP contribution in [0.2, 0.25) is 0 Å². The van der Waals surface area contributed by atoms with Gasteiger partial charge in [0.1, 0.15) is 12.6 Å². The fourth-order valence-corrected chi connectivity index (χ4v) is 1.53.